The Kier molecular flexibility index (Phi) is 4.35. The molecule has 0 aliphatic heterocycles. The van der Waals surface area contributed by atoms with Crippen molar-refractivity contribution in [2.75, 3.05) is 0 Å². The molecule has 1 rings (SSSR count). The second-order valence-corrected chi connectivity index (χ2v) is 7.70. The second kappa shape index (κ2) is 4.95. The molecule has 0 amide bonds. The molecule has 0 unspecified atom stereocenters. The average Bonchev–Trinajstić information content (AvgIpc) is 2.05. The topological polar surface area (TPSA) is 34.1 Å². The summed E-state index contributed by atoms with van der Waals surface area (Å²) in [4.78, 5) is 0.597. The summed E-state index contributed by atoms with van der Waals surface area (Å²) in [5.41, 5.74) is 0. The number of hydrogen-bond donors (Lipinski definition) is 0. The summed E-state index contributed by atoms with van der Waals surface area (Å²) in [7, 11) is 1.58. The van der Waals surface area contributed by atoms with Crippen molar-refractivity contribution in [3.63, 3.8) is 0 Å². The molecule has 2 nitrogen and oxygen atoms in total. The maximum Gasteiger partial charge on any atom is 0.262 e. The highest BCUT2D eigenvalue weighted by molar-refractivity contribution is 8.14. The van der Waals surface area contributed by atoms with Gasteiger partial charge in [-0.3, -0.25) is 0 Å². The van der Waals surface area contributed by atoms with Crippen LogP contribution in [-0.4, -0.2) is 13.7 Å². The normalized spacial score (nSPS) is 12.1. The Balaban J connectivity index is 3.33. The van der Waals surface area contributed by atoms with E-state index in [1.54, 1.807) is 12.1 Å². The van der Waals surface area contributed by atoms with E-state index in [1.807, 2.05) is 13.8 Å². The summed E-state index contributed by atoms with van der Waals surface area (Å²) in [5, 5.41) is 0.650. The summed E-state index contributed by atoms with van der Waals surface area (Å²) in [6, 6.07) is 4.68. The first-order valence-electron chi connectivity index (χ1n) is 4.22. The van der Waals surface area contributed by atoms with E-state index in [4.69, 9.17) is 22.3 Å². The van der Waals surface area contributed by atoms with Crippen molar-refractivity contribution >= 4 is 43.1 Å². The third kappa shape index (κ3) is 3.55. The summed E-state index contributed by atoms with van der Waals surface area (Å²) in [6.45, 7) is 3.91. The molecule has 6 heteroatoms. The molecule has 0 aliphatic rings. The molecule has 0 bridgehead atoms. The summed E-state index contributed by atoms with van der Waals surface area (Å²) >= 11 is 7.32. The van der Waals surface area contributed by atoms with Crippen LogP contribution in [0.1, 0.15) is 13.8 Å². The fraction of sp³-hybridized carbons (Fsp3) is 0.333. The first-order chi connectivity index (χ1) is 6.82. The minimum atomic E-state index is -3.73. The highest BCUT2D eigenvalue weighted by Gasteiger charge is 2.18. The molecule has 0 fully saturated rings. The SMILES string of the molecule is CC(C)Sc1c(Cl)cccc1S(=O)(=O)Cl. The summed E-state index contributed by atoms with van der Waals surface area (Å²) in [5.74, 6) is 0. The molecule has 15 heavy (non-hydrogen) atoms. The van der Waals surface area contributed by atoms with Crippen LogP contribution in [0.15, 0.2) is 28.0 Å². The van der Waals surface area contributed by atoms with Crippen LogP contribution in [0.2, 0.25) is 5.02 Å². The van der Waals surface area contributed by atoms with Gasteiger partial charge in [0.2, 0.25) is 0 Å². The Bertz CT molecular complexity index is 455. The van der Waals surface area contributed by atoms with Crippen LogP contribution in [-0.2, 0) is 9.05 Å². The zero-order valence-electron chi connectivity index (χ0n) is 8.20. The van der Waals surface area contributed by atoms with E-state index in [0.29, 0.717) is 9.92 Å². The summed E-state index contributed by atoms with van der Waals surface area (Å²) in [6.07, 6.45) is 0. The molecule has 0 N–H and O–H groups in total. The van der Waals surface area contributed by atoms with Gasteiger partial charge in [0.1, 0.15) is 0 Å². The number of halogens is 2. The smallest absolute Gasteiger partial charge is 0.207 e. The van der Waals surface area contributed by atoms with Crippen LogP contribution in [0.5, 0.6) is 0 Å². The molecule has 0 saturated heterocycles. The lowest BCUT2D eigenvalue weighted by Gasteiger charge is -2.10. The van der Waals surface area contributed by atoms with Crippen LogP contribution < -0.4 is 0 Å². The van der Waals surface area contributed by atoms with E-state index >= 15 is 0 Å². The van der Waals surface area contributed by atoms with Gasteiger partial charge in [0.05, 0.1) is 9.92 Å². The molecular formula is C9H10Cl2O2S2. The highest BCUT2D eigenvalue weighted by atomic mass is 35.7. The van der Waals surface area contributed by atoms with Gasteiger partial charge in [0.15, 0.2) is 0 Å². The minimum absolute atomic E-state index is 0.0790. The van der Waals surface area contributed by atoms with Crippen LogP contribution in [0, 0.1) is 0 Å². The van der Waals surface area contributed by atoms with Gasteiger partial charge < -0.3 is 0 Å². The van der Waals surface area contributed by atoms with E-state index in [2.05, 4.69) is 0 Å². The van der Waals surface area contributed by atoms with E-state index in [0.717, 1.165) is 0 Å². The zero-order chi connectivity index (χ0) is 11.6. The molecule has 0 atom stereocenters. The van der Waals surface area contributed by atoms with Crippen molar-refractivity contribution in [3.8, 4) is 0 Å². The van der Waals surface area contributed by atoms with Crippen molar-refractivity contribution in [2.24, 2.45) is 0 Å². The van der Waals surface area contributed by atoms with Crippen LogP contribution in [0.25, 0.3) is 0 Å². The number of thioether (sulfide) groups is 1. The molecule has 0 aliphatic carbocycles. The van der Waals surface area contributed by atoms with E-state index < -0.39 is 9.05 Å². The fourth-order valence-electron chi connectivity index (χ4n) is 1.03. The molecule has 0 radical (unpaired) electrons. The Hall–Kier alpha value is 0.1000. The zero-order valence-corrected chi connectivity index (χ0v) is 11.3. The molecule has 0 aromatic heterocycles. The maximum atomic E-state index is 11.3. The molecule has 84 valence electrons. The molecule has 0 saturated carbocycles. The lowest BCUT2D eigenvalue weighted by atomic mass is 10.4. The first-order valence-corrected chi connectivity index (χ1v) is 7.79. The van der Waals surface area contributed by atoms with Gasteiger partial charge in [0.25, 0.3) is 9.05 Å². The van der Waals surface area contributed by atoms with Gasteiger partial charge in [-0.25, -0.2) is 8.42 Å². The minimum Gasteiger partial charge on any atom is -0.207 e. The van der Waals surface area contributed by atoms with E-state index in [9.17, 15) is 8.42 Å². The molecule has 0 spiro atoms. The number of rotatable bonds is 3. The van der Waals surface area contributed by atoms with Crippen molar-refractivity contribution in [1.29, 1.82) is 0 Å². The largest absolute Gasteiger partial charge is 0.262 e. The van der Waals surface area contributed by atoms with E-state index in [-0.39, 0.29) is 10.1 Å². The van der Waals surface area contributed by atoms with Crippen molar-refractivity contribution in [2.45, 2.75) is 28.9 Å². The number of hydrogen-bond acceptors (Lipinski definition) is 3. The predicted octanol–water partition coefficient (Wildman–Crippen LogP) is 3.77. The Labute approximate surface area is 103 Å². The van der Waals surface area contributed by atoms with Crippen LogP contribution in [0.3, 0.4) is 0 Å². The van der Waals surface area contributed by atoms with Crippen molar-refractivity contribution in [1.82, 2.24) is 0 Å². The van der Waals surface area contributed by atoms with Crippen molar-refractivity contribution < 1.29 is 8.42 Å². The van der Waals surface area contributed by atoms with Gasteiger partial charge >= 0.3 is 0 Å². The fourth-order valence-corrected chi connectivity index (χ4v) is 3.80. The van der Waals surface area contributed by atoms with Crippen LogP contribution >= 0.6 is 34.0 Å². The third-order valence-electron chi connectivity index (χ3n) is 1.55. The monoisotopic (exact) mass is 284 g/mol. The average molecular weight is 285 g/mol. The molecule has 1 aromatic carbocycles. The Morgan fingerprint density at radius 3 is 2.40 bits per heavy atom. The number of benzene rings is 1. The second-order valence-electron chi connectivity index (χ2n) is 3.17. The molecule has 0 heterocycles. The Morgan fingerprint density at radius 2 is 1.93 bits per heavy atom. The first kappa shape index (κ1) is 13.2. The highest BCUT2D eigenvalue weighted by Crippen LogP contribution is 2.36. The quantitative estimate of drug-likeness (QED) is 0.626. The predicted molar refractivity (Wildman–Crippen MR) is 65.5 cm³/mol. The maximum absolute atomic E-state index is 11.3. The van der Waals surface area contributed by atoms with Crippen LogP contribution in [0.4, 0.5) is 0 Å². The molecular weight excluding hydrogens is 275 g/mol. The van der Waals surface area contributed by atoms with E-state index in [1.165, 1.54) is 17.8 Å². The van der Waals surface area contributed by atoms with Crippen molar-refractivity contribution in [3.05, 3.63) is 23.2 Å². The lowest BCUT2D eigenvalue weighted by molar-refractivity contribution is 0.607. The molecule has 1 aromatic rings. The standard InChI is InChI=1S/C9H10Cl2O2S2/c1-6(2)14-9-7(10)4-3-5-8(9)15(11,12)13/h3-6H,1-2H3. The summed E-state index contributed by atoms with van der Waals surface area (Å²) < 4.78 is 22.6. The Morgan fingerprint density at radius 1 is 1.33 bits per heavy atom. The van der Waals surface area contributed by atoms with Gasteiger partial charge in [0, 0.05) is 20.8 Å². The van der Waals surface area contributed by atoms with Gasteiger partial charge in [-0.05, 0) is 12.1 Å². The van der Waals surface area contributed by atoms with Gasteiger partial charge in [-0.2, -0.15) is 0 Å². The lowest BCUT2D eigenvalue weighted by Crippen LogP contribution is -1.96. The third-order valence-corrected chi connectivity index (χ3v) is 4.61. The van der Waals surface area contributed by atoms with Gasteiger partial charge in [-0.1, -0.05) is 31.5 Å². The van der Waals surface area contributed by atoms with Gasteiger partial charge in [-0.15, -0.1) is 11.8 Å².